The zero-order valence-corrected chi connectivity index (χ0v) is 20.6. The molecule has 0 bridgehead atoms. The Balaban J connectivity index is 0.00000480. The molecular formula is C20H28IN5O4S. The smallest absolute Gasteiger partial charge is 0.270 e. The summed E-state index contributed by atoms with van der Waals surface area (Å²) >= 11 is 0. The van der Waals surface area contributed by atoms with Crippen molar-refractivity contribution in [3.8, 4) is 0 Å². The van der Waals surface area contributed by atoms with Crippen molar-refractivity contribution in [3.63, 3.8) is 0 Å². The van der Waals surface area contributed by atoms with Crippen molar-refractivity contribution < 1.29 is 13.3 Å². The number of nitro benzene ring substituents is 1. The molecule has 0 amide bonds. The third-order valence-electron chi connectivity index (χ3n) is 4.36. The van der Waals surface area contributed by atoms with E-state index in [0.717, 1.165) is 18.9 Å². The molecule has 0 radical (unpaired) electrons. The first-order valence-electron chi connectivity index (χ1n) is 9.57. The van der Waals surface area contributed by atoms with Crippen LogP contribution in [0.2, 0.25) is 0 Å². The molecule has 0 aliphatic carbocycles. The molecule has 1 atom stereocenters. The third-order valence-corrected chi connectivity index (χ3v) is 5.82. The summed E-state index contributed by atoms with van der Waals surface area (Å²) in [4.78, 5) is 14.2. The molecule has 170 valence electrons. The fourth-order valence-corrected chi connectivity index (χ4v) is 3.81. The van der Waals surface area contributed by atoms with Gasteiger partial charge >= 0.3 is 0 Å². The number of aliphatic imine (C=N–C) groups is 1. The maximum absolute atomic E-state index is 12.3. The molecule has 3 N–H and O–H groups in total. The van der Waals surface area contributed by atoms with E-state index in [4.69, 9.17) is 0 Å². The summed E-state index contributed by atoms with van der Waals surface area (Å²) in [6.07, 6.45) is 1.86. The van der Waals surface area contributed by atoms with Crippen molar-refractivity contribution in [2.75, 3.05) is 20.1 Å². The van der Waals surface area contributed by atoms with Crippen molar-refractivity contribution in [1.82, 2.24) is 15.4 Å². The van der Waals surface area contributed by atoms with Crippen LogP contribution in [0.1, 0.15) is 18.9 Å². The highest BCUT2D eigenvalue weighted by Crippen LogP contribution is 2.16. The number of non-ortho nitro benzene ring substituents is 1. The average Bonchev–Trinajstić information content (AvgIpc) is 2.75. The number of guanidine groups is 1. The monoisotopic (exact) mass is 561 g/mol. The largest absolute Gasteiger partial charge is 0.355 e. The number of sulfonamides is 1. The molecular weight excluding hydrogens is 533 g/mol. The fourth-order valence-electron chi connectivity index (χ4n) is 2.74. The number of halogens is 1. The van der Waals surface area contributed by atoms with E-state index in [1.165, 1.54) is 23.8 Å². The molecule has 0 spiro atoms. The van der Waals surface area contributed by atoms with Gasteiger partial charge in [-0.25, -0.2) is 13.1 Å². The van der Waals surface area contributed by atoms with Gasteiger partial charge in [0.15, 0.2) is 5.96 Å². The average molecular weight is 561 g/mol. The van der Waals surface area contributed by atoms with Gasteiger partial charge < -0.3 is 10.6 Å². The first-order chi connectivity index (χ1) is 14.3. The van der Waals surface area contributed by atoms with E-state index < -0.39 is 14.9 Å². The van der Waals surface area contributed by atoms with Gasteiger partial charge in [-0.15, -0.1) is 24.0 Å². The van der Waals surface area contributed by atoms with Crippen LogP contribution in [0.5, 0.6) is 0 Å². The van der Waals surface area contributed by atoms with Gasteiger partial charge in [0.05, 0.1) is 9.82 Å². The number of nitrogens with one attached hydrogen (secondary N) is 3. The number of nitrogens with zero attached hydrogens (tertiary/aromatic N) is 2. The standard InChI is InChI=1S/C20H27N5O4S.HI/c1-16(11-12-17-7-4-3-5-8-17)24-20(21-2)22-13-14-23-30(28,29)19-10-6-9-18(15-19)25(26)27;/h3-10,15-16,23H,11-14H2,1-2H3,(H2,21,22,24);1H. The van der Waals surface area contributed by atoms with E-state index in [0.29, 0.717) is 12.5 Å². The van der Waals surface area contributed by atoms with Crippen LogP contribution in [-0.4, -0.2) is 45.5 Å². The zero-order chi connectivity index (χ0) is 22.0. The molecule has 0 aliphatic heterocycles. The summed E-state index contributed by atoms with van der Waals surface area (Å²) in [7, 11) is -2.19. The SMILES string of the molecule is CN=C(NCCNS(=O)(=O)c1cccc([N+](=O)[O-])c1)NC(C)CCc1ccccc1.I. The number of hydrogen-bond donors (Lipinski definition) is 3. The lowest BCUT2D eigenvalue weighted by Gasteiger charge is -2.18. The number of rotatable bonds is 10. The van der Waals surface area contributed by atoms with Gasteiger partial charge in [0.2, 0.25) is 10.0 Å². The van der Waals surface area contributed by atoms with Gasteiger partial charge in [-0.2, -0.15) is 0 Å². The molecule has 2 rings (SSSR count). The number of benzene rings is 2. The highest BCUT2D eigenvalue weighted by molar-refractivity contribution is 14.0. The van der Waals surface area contributed by atoms with E-state index in [-0.39, 0.29) is 47.1 Å². The lowest BCUT2D eigenvalue weighted by atomic mass is 10.1. The van der Waals surface area contributed by atoms with Crippen LogP contribution in [0.15, 0.2) is 64.5 Å². The Morgan fingerprint density at radius 1 is 1.13 bits per heavy atom. The molecule has 0 aromatic heterocycles. The van der Waals surface area contributed by atoms with E-state index in [9.17, 15) is 18.5 Å². The van der Waals surface area contributed by atoms with E-state index in [2.05, 4.69) is 39.4 Å². The summed E-state index contributed by atoms with van der Waals surface area (Å²) in [5, 5.41) is 17.2. The minimum Gasteiger partial charge on any atom is -0.355 e. The third kappa shape index (κ3) is 9.19. The maximum Gasteiger partial charge on any atom is 0.270 e. The van der Waals surface area contributed by atoms with Crippen molar-refractivity contribution in [2.24, 2.45) is 4.99 Å². The Morgan fingerprint density at radius 2 is 1.84 bits per heavy atom. The molecule has 11 heteroatoms. The second-order valence-electron chi connectivity index (χ2n) is 6.72. The van der Waals surface area contributed by atoms with E-state index in [1.807, 2.05) is 18.2 Å². The molecule has 0 saturated heterocycles. The van der Waals surface area contributed by atoms with Crippen LogP contribution in [-0.2, 0) is 16.4 Å². The first kappa shape index (κ1) is 26.8. The van der Waals surface area contributed by atoms with E-state index >= 15 is 0 Å². The summed E-state index contributed by atoms with van der Waals surface area (Å²) in [6, 6.07) is 15.3. The Labute approximate surface area is 200 Å². The molecule has 2 aromatic carbocycles. The number of hydrogen-bond acceptors (Lipinski definition) is 5. The predicted octanol–water partition coefficient (Wildman–Crippen LogP) is 2.68. The number of aryl methyl sites for hydroxylation is 1. The van der Waals surface area contributed by atoms with Crippen LogP contribution in [0.4, 0.5) is 5.69 Å². The normalized spacial score (nSPS) is 12.5. The molecule has 0 saturated carbocycles. The molecule has 0 fully saturated rings. The summed E-state index contributed by atoms with van der Waals surface area (Å²) in [5.74, 6) is 0.574. The Kier molecular flexibility index (Phi) is 11.4. The second-order valence-corrected chi connectivity index (χ2v) is 8.49. The lowest BCUT2D eigenvalue weighted by molar-refractivity contribution is -0.385. The molecule has 0 aliphatic rings. The Hall–Kier alpha value is -2.25. The van der Waals surface area contributed by atoms with Crippen molar-refractivity contribution in [3.05, 3.63) is 70.3 Å². The predicted molar refractivity (Wildman–Crippen MR) is 132 cm³/mol. The minimum absolute atomic E-state index is 0. The van der Waals surface area contributed by atoms with Gasteiger partial charge in [-0.05, 0) is 31.4 Å². The summed E-state index contributed by atoms with van der Waals surface area (Å²) in [5.41, 5.74) is 0.995. The highest BCUT2D eigenvalue weighted by Gasteiger charge is 2.17. The van der Waals surface area contributed by atoms with Crippen molar-refractivity contribution >= 4 is 45.6 Å². The van der Waals surface area contributed by atoms with Gasteiger partial charge in [0, 0.05) is 38.3 Å². The molecule has 2 aromatic rings. The number of nitro groups is 1. The maximum atomic E-state index is 12.3. The van der Waals surface area contributed by atoms with Crippen molar-refractivity contribution in [2.45, 2.75) is 30.7 Å². The van der Waals surface area contributed by atoms with Gasteiger partial charge in [0.25, 0.3) is 5.69 Å². The molecule has 9 nitrogen and oxygen atoms in total. The van der Waals surface area contributed by atoms with Crippen LogP contribution in [0.3, 0.4) is 0 Å². The zero-order valence-electron chi connectivity index (χ0n) is 17.4. The van der Waals surface area contributed by atoms with Crippen LogP contribution < -0.4 is 15.4 Å². The van der Waals surface area contributed by atoms with Gasteiger partial charge in [0.1, 0.15) is 0 Å². The van der Waals surface area contributed by atoms with Crippen LogP contribution in [0.25, 0.3) is 0 Å². The topological polar surface area (TPSA) is 126 Å². The quantitative estimate of drug-likeness (QED) is 0.102. The molecule has 1 unspecified atom stereocenters. The second kappa shape index (κ2) is 13.2. The van der Waals surface area contributed by atoms with Gasteiger partial charge in [-0.3, -0.25) is 15.1 Å². The van der Waals surface area contributed by atoms with Gasteiger partial charge in [-0.1, -0.05) is 36.4 Å². The van der Waals surface area contributed by atoms with Crippen molar-refractivity contribution in [1.29, 1.82) is 0 Å². The summed E-state index contributed by atoms with van der Waals surface area (Å²) in [6.45, 7) is 2.46. The first-order valence-corrected chi connectivity index (χ1v) is 11.1. The minimum atomic E-state index is -3.84. The Morgan fingerprint density at radius 3 is 2.48 bits per heavy atom. The summed E-state index contributed by atoms with van der Waals surface area (Å²) < 4.78 is 27.0. The lowest BCUT2D eigenvalue weighted by Crippen LogP contribution is -2.44. The molecule has 0 heterocycles. The van der Waals surface area contributed by atoms with Crippen LogP contribution in [0, 0.1) is 10.1 Å². The fraction of sp³-hybridized carbons (Fsp3) is 0.350. The Bertz CT molecular complexity index is 971. The van der Waals surface area contributed by atoms with E-state index in [1.54, 1.807) is 7.05 Å². The highest BCUT2D eigenvalue weighted by atomic mass is 127. The molecule has 31 heavy (non-hydrogen) atoms. The van der Waals surface area contributed by atoms with Crippen LogP contribution >= 0.6 is 24.0 Å².